The molecule has 8 nitrogen and oxygen atoms in total. The van der Waals surface area contributed by atoms with E-state index in [-0.39, 0.29) is 23.1 Å². The number of hydrogen-bond donors (Lipinski definition) is 1. The number of benzene rings is 1. The van der Waals surface area contributed by atoms with Gasteiger partial charge < -0.3 is 9.47 Å². The van der Waals surface area contributed by atoms with Gasteiger partial charge in [-0.15, -0.1) is 0 Å². The van der Waals surface area contributed by atoms with Crippen molar-refractivity contribution in [3.05, 3.63) is 39.8 Å². The summed E-state index contributed by atoms with van der Waals surface area (Å²) in [6.45, 7) is 1.76. The van der Waals surface area contributed by atoms with Crippen LogP contribution in [0.5, 0.6) is 11.5 Å². The number of sulfone groups is 1. The maximum atomic E-state index is 12.7. The molecule has 1 aliphatic rings. The van der Waals surface area contributed by atoms with Gasteiger partial charge in [0, 0.05) is 18.0 Å². The second-order valence-electron chi connectivity index (χ2n) is 6.18. The molecule has 0 unspecified atom stereocenters. The Bertz CT molecular complexity index is 1000. The van der Waals surface area contributed by atoms with Gasteiger partial charge in [0.25, 0.3) is 5.56 Å². The molecule has 2 aromatic rings. The zero-order valence-corrected chi connectivity index (χ0v) is 15.7. The number of aliphatic imine (C=N–C) groups is 1. The van der Waals surface area contributed by atoms with Crippen molar-refractivity contribution in [1.29, 1.82) is 0 Å². The Hall–Kier alpha value is -2.55. The Kier molecular flexibility index (Phi) is 4.90. The van der Waals surface area contributed by atoms with Gasteiger partial charge in [0.2, 0.25) is 0 Å². The number of nitrogens with zero attached hydrogens (tertiary/aromatic N) is 2. The van der Waals surface area contributed by atoms with E-state index in [0.717, 1.165) is 0 Å². The van der Waals surface area contributed by atoms with Crippen LogP contribution in [0, 0.1) is 6.92 Å². The van der Waals surface area contributed by atoms with E-state index in [2.05, 4.69) is 10.1 Å². The van der Waals surface area contributed by atoms with Crippen molar-refractivity contribution in [3.8, 4) is 11.5 Å². The Morgan fingerprint density at radius 2 is 2.08 bits per heavy atom. The van der Waals surface area contributed by atoms with E-state index in [4.69, 9.17) is 9.47 Å². The fourth-order valence-electron chi connectivity index (χ4n) is 3.00. The molecule has 2 heterocycles. The van der Waals surface area contributed by atoms with Gasteiger partial charge in [-0.3, -0.25) is 14.9 Å². The van der Waals surface area contributed by atoms with Gasteiger partial charge in [-0.05, 0) is 25.5 Å². The molecule has 0 amide bonds. The van der Waals surface area contributed by atoms with Crippen LogP contribution in [0.25, 0.3) is 0 Å². The molecular formula is C17H21N3O5S. The first-order valence-electron chi connectivity index (χ1n) is 8.12. The quantitative estimate of drug-likeness (QED) is 0.795. The average molecular weight is 379 g/mol. The summed E-state index contributed by atoms with van der Waals surface area (Å²) in [6, 6.07) is 4.83. The lowest BCUT2D eigenvalue weighted by Gasteiger charge is -2.07. The largest absolute Gasteiger partial charge is 0.497 e. The molecule has 1 N–H and O–H groups in total. The second-order valence-corrected chi connectivity index (χ2v) is 8.41. The third-order valence-electron chi connectivity index (χ3n) is 4.43. The number of nitrogens with one attached hydrogen (secondary N) is 1. The van der Waals surface area contributed by atoms with E-state index in [1.807, 2.05) is 0 Å². The fourth-order valence-corrected chi connectivity index (χ4v) is 4.70. The highest BCUT2D eigenvalue weighted by Gasteiger charge is 2.31. The first-order valence-corrected chi connectivity index (χ1v) is 9.94. The number of hydrogen-bond acceptors (Lipinski definition) is 6. The van der Waals surface area contributed by atoms with E-state index in [1.165, 1.54) is 18.0 Å². The summed E-state index contributed by atoms with van der Waals surface area (Å²) in [6.07, 6.45) is 1.91. The van der Waals surface area contributed by atoms with Crippen LogP contribution < -0.4 is 15.0 Å². The van der Waals surface area contributed by atoms with Gasteiger partial charge >= 0.3 is 0 Å². The Balaban J connectivity index is 1.92. The first-order chi connectivity index (χ1) is 12.3. The SMILES string of the molecule is COc1ccc(N=Cc2c(C)[nH]n([C@H]3CCS(=O)(=O)C3)c2=O)c(OC)c1. The normalized spacial score (nSPS) is 19.1. The summed E-state index contributed by atoms with van der Waals surface area (Å²) >= 11 is 0. The van der Waals surface area contributed by atoms with E-state index < -0.39 is 9.84 Å². The van der Waals surface area contributed by atoms with Gasteiger partial charge in [0.05, 0.1) is 37.3 Å². The summed E-state index contributed by atoms with van der Waals surface area (Å²) in [5, 5.41) is 2.97. The van der Waals surface area contributed by atoms with Gasteiger partial charge in [0.1, 0.15) is 17.2 Å². The topological polar surface area (TPSA) is 103 Å². The number of methoxy groups -OCH3 is 2. The molecule has 3 rings (SSSR count). The molecule has 0 saturated carbocycles. The lowest BCUT2D eigenvalue weighted by molar-refractivity contribution is 0.395. The molecule has 1 aromatic heterocycles. The molecule has 1 atom stereocenters. The minimum Gasteiger partial charge on any atom is -0.497 e. The van der Waals surface area contributed by atoms with Crippen LogP contribution >= 0.6 is 0 Å². The lowest BCUT2D eigenvalue weighted by Crippen LogP contribution is -2.25. The fraction of sp³-hybridized carbons (Fsp3) is 0.412. The van der Waals surface area contributed by atoms with Gasteiger partial charge in [-0.25, -0.2) is 13.1 Å². The van der Waals surface area contributed by atoms with Crippen molar-refractivity contribution in [3.63, 3.8) is 0 Å². The monoisotopic (exact) mass is 379 g/mol. The van der Waals surface area contributed by atoms with E-state index in [0.29, 0.717) is 34.9 Å². The minimum atomic E-state index is -3.08. The summed E-state index contributed by atoms with van der Waals surface area (Å²) < 4.78 is 35.2. The highest BCUT2D eigenvalue weighted by atomic mass is 32.2. The smallest absolute Gasteiger partial charge is 0.275 e. The number of aryl methyl sites for hydroxylation is 1. The van der Waals surface area contributed by atoms with Crippen molar-refractivity contribution in [2.45, 2.75) is 19.4 Å². The number of aromatic nitrogens is 2. The van der Waals surface area contributed by atoms with E-state index >= 15 is 0 Å². The summed E-state index contributed by atoms with van der Waals surface area (Å²) in [7, 11) is 0.0160. The highest BCUT2D eigenvalue weighted by Crippen LogP contribution is 2.31. The maximum absolute atomic E-state index is 12.7. The molecule has 1 saturated heterocycles. The third kappa shape index (κ3) is 3.52. The van der Waals surface area contributed by atoms with Crippen molar-refractivity contribution in [1.82, 2.24) is 9.78 Å². The number of aromatic amines is 1. The lowest BCUT2D eigenvalue weighted by atomic mass is 10.2. The molecule has 1 aliphatic heterocycles. The molecule has 0 aliphatic carbocycles. The van der Waals surface area contributed by atoms with Crippen molar-refractivity contribution >= 4 is 21.7 Å². The summed E-state index contributed by atoms with van der Waals surface area (Å²) in [4.78, 5) is 17.0. The van der Waals surface area contributed by atoms with Gasteiger partial charge in [-0.2, -0.15) is 0 Å². The molecular weight excluding hydrogens is 358 g/mol. The molecule has 140 valence electrons. The van der Waals surface area contributed by atoms with Crippen LogP contribution in [-0.4, -0.2) is 50.1 Å². The second kappa shape index (κ2) is 6.99. The number of H-pyrrole nitrogens is 1. The van der Waals surface area contributed by atoms with Crippen LogP contribution in [0.2, 0.25) is 0 Å². The zero-order chi connectivity index (χ0) is 18.9. The molecule has 0 radical (unpaired) electrons. The Labute approximate surface area is 151 Å². The molecule has 0 bridgehead atoms. The molecule has 0 spiro atoms. The number of ether oxygens (including phenoxy) is 2. The van der Waals surface area contributed by atoms with Crippen LogP contribution in [0.4, 0.5) is 5.69 Å². The van der Waals surface area contributed by atoms with Gasteiger partial charge in [-0.1, -0.05) is 0 Å². The summed E-state index contributed by atoms with van der Waals surface area (Å²) in [5.74, 6) is 1.25. The molecule has 1 aromatic carbocycles. The zero-order valence-electron chi connectivity index (χ0n) is 14.9. The standard InChI is InChI=1S/C17H21N3O5S/c1-11-14(9-18-15-5-4-13(24-2)8-16(15)25-3)17(21)20(19-11)12-6-7-26(22,23)10-12/h4-5,8-9,12,19H,6-7,10H2,1-3H3/t12-/m0/s1. The molecule has 9 heteroatoms. The van der Waals surface area contributed by atoms with Crippen LogP contribution in [0.1, 0.15) is 23.7 Å². The van der Waals surface area contributed by atoms with Gasteiger partial charge in [0.15, 0.2) is 9.84 Å². The van der Waals surface area contributed by atoms with Crippen LogP contribution in [0.3, 0.4) is 0 Å². The third-order valence-corrected chi connectivity index (χ3v) is 6.18. The predicted octanol–water partition coefficient (Wildman–Crippen LogP) is 1.61. The minimum absolute atomic E-state index is 0.0181. The molecule has 1 fully saturated rings. The van der Waals surface area contributed by atoms with E-state index in [9.17, 15) is 13.2 Å². The average Bonchev–Trinajstić information content (AvgIpc) is 3.12. The predicted molar refractivity (Wildman–Crippen MR) is 98.9 cm³/mol. The number of rotatable bonds is 5. The van der Waals surface area contributed by atoms with Crippen LogP contribution in [0.15, 0.2) is 28.0 Å². The molecule has 26 heavy (non-hydrogen) atoms. The maximum Gasteiger partial charge on any atom is 0.275 e. The van der Waals surface area contributed by atoms with Crippen molar-refractivity contribution in [2.24, 2.45) is 4.99 Å². The Morgan fingerprint density at radius 1 is 1.31 bits per heavy atom. The summed E-state index contributed by atoms with van der Waals surface area (Å²) in [5.41, 5.74) is 1.31. The van der Waals surface area contributed by atoms with Crippen molar-refractivity contribution < 1.29 is 17.9 Å². The first kappa shape index (κ1) is 18.2. The Morgan fingerprint density at radius 3 is 2.69 bits per heavy atom. The van der Waals surface area contributed by atoms with E-state index in [1.54, 1.807) is 32.2 Å². The van der Waals surface area contributed by atoms with Crippen LogP contribution in [-0.2, 0) is 9.84 Å². The van der Waals surface area contributed by atoms with Crippen molar-refractivity contribution in [2.75, 3.05) is 25.7 Å². The highest BCUT2D eigenvalue weighted by molar-refractivity contribution is 7.91.